The van der Waals surface area contributed by atoms with Gasteiger partial charge in [-0.15, -0.1) is 0 Å². The molecule has 9 nitrogen and oxygen atoms in total. The molecule has 3 aromatic carbocycles. The second-order valence-corrected chi connectivity index (χ2v) is 7.75. The molecule has 2 aromatic heterocycles. The van der Waals surface area contributed by atoms with Crippen molar-refractivity contribution in [3.05, 3.63) is 101 Å². The number of nitrogens with one attached hydrogen (secondary N) is 2. The second-order valence-electron chi connectivity index (χ2n) is 7.75. The maximum Gasteiger partial charge on any atom is 0.339 e. The zero-order chi connectivity index (χ0) is 24.4. The van der Waals surface area contributed by atoms with Crippen LogP contribution in [0.3, 0.4) is 0 Å². The maximum absolute atomic E-state index is 12.9. The van der Waals surface area contributed by atoms with Crippen LogP contribution >= 0.6 is 0 Å². The van der Waals surface area contributed by atoms with Crippen LogP contribution in [0.2, 0.25) is 0 Å². The molecule has 0 fully saturated rings. The van der Waals surface area contributed by atoms with Gasteiger partial charge in [0, 0.05) is 6.07 Å². The second kappa shape index (κ2) is 9.14. The third-order valence-electron chi connectivity index (χ3n) is 5.32. The molecule has 2 heterocycles. The number of oxazole rings is 1. The third-order valence-corrected chi connectivity index (χ3v) is 5.32. The van der Waals surface area contributed by atoms with Gasteiger partial charge in [0.2, 0.25) is 5.89 Å². The number of anilines is 1. The number of amides is 1. The van der Waals surface area contributed by atoms with Gasteiger partial charge in [0.05, 0.1) is 16.8 Å². The number of aromatic nitrogens is 3. The first-order chi connectivity index (χ1) is 17.0. The number of para-hydroxylation sites is 3. The zero-order valence-corrected chi connectivity index (χ0v) is 18.6. The minimum Gasteiger partial charge on any atom is -0.449 e. The summed E-state index contributed by atoms with van der Waals surface area (Å²) in [6.07, 6.45) is -1.14. The number of ether oxygens (including phenoxy) is 1. The summed E-state index contributed by atoms with van der Waals surface area (Å²) < 4.78 is 12.5. The number of benzene rings is 3. The van der Waals surface area contributed by atoms with E-state index in [4.69, 9.17) is 9.15 Å². The lowest BCUT2D eigenvalue weighted by atomic mass is 10.1. The number of carbonyl (C=O) groups is 2. The maximum atomic E-state index is 12.9. The average Bonchev–Trinajstić information content (AvgIpc) is 3.47. The standard InChI is InChI=1S/C26H20N4O5/c1-16(24(32)28-22-15-23(31)30(29-22)17-9-3-2-4-10-17)34-26(33)19-12-6-5-11-18(19)25-27-20-13-7-8-14-21(20)35-25/h2-16,29H,1H3,(H,28,32). The monoisotopic (exact) mass is 468 g/mol. The van der Waals surface area contributed by atoms with Crippen molar-refractivity contribution >= 4 is 28.8 Å². The molecule has 1 amide bonds. The molecule has 0 spiro atoms. The molecular formula is C26H20N4O5. The smallest absolute Gasteiger partial charge is 0.339 e. The molecule has 35 heavy (non-hydrogen) atoms. The minimum atomic E-state index is -1.14. The molecule has 1 unspecified atom stereocenters. The van der Waals surface area contributed by atoms with Crippen molar-refractivity contribution in [1.29, 1.82) is 0 Å². The first kappa shape index (κ1) is 21.9. The number of fused-ring (bicyclic) bond motifs is 1. The number of rotatable bonds is 6. The molecule has 9 heteroatoms. The van der Waals surface area contributed by atoms with E-state index in [9.17, 15) is 14.4 Å². The van der Waals surface area contributed by atoms with Crippen molar-refractivity contribution in [1.82, 2.24) is 14.8 Å². The molecule has 0 saturated carbocycles. The van der Waals surface area contributed by atoms with Crippen LogP contribution in [0.5, 0.6) is 0 Å². The van der Waals surface area contributed by atoms with Gasteiger partial charge in [0.25, 0.3) is 11.5 Å². The number of esters is 1. The highest BCUT2D eigenvalue weighted by molar-refractivity contribution is 6.00. The van der Waals surface area contributed by atoms with Gasteiger partial charge < -0.3 is 14.5 Å². The quantitative estimate of drug-likeness (QED) is 0.361. The Balaban J connectivity index is 1.31. The number of hydrogen-bond donors (Lipinski definition) is 2. The van der Waals surface area contributed by atoms with Crippen molar-refractivity contribution in [2.75, 3.05) is 5.32 Å². The average molecular weight is 468 g/mol. The highest BCUT2D eigenvalue weighted by Crippen LogP contribution is 2.27. The van der Waals surface area contributed by atoms with Crippen LogP contribution < -0.4 is 10.9 Å². The molecule has 0 aliphatic rings. The largest absolute Gasteiger partial charge is 0.449 e. The summed E-state index contributed by atoms with van der Waals surface area (Å²) in [5.41, 5.74) is 2.19. The summed E-state index contributed by atoms with van der Waals surface area (Å²) in [6.45, 7) is 1.45. The van der Waals surface area contributed by atoms with E-state index < -0.39 is 18.0 Å². The van der Waals surface area contributed by atoms with E-state index in [0.29, 0.717) is 22.4 Å². The molecule has 0 saturated heterocycles. The third kappa shape index (κ3) is 4.47. The molecular weight excluding hydrogens is 448 g/mol. The van der Waals surface area contributed by atoms with E-state index in [0.717, 1.165) is 0 Å². The highest BCUT2D eigenvalue weighted by atomic mass is 16.5. The summed E-state index contributed by atoms with van der Waals surface area (Å²) in [6, 6.07) is 24.2. The van der Waals surface area contributed by atoms with Crippen molar-refractivity contribution < 1.29 is 18.7 Å². The Hall–Kier alpha value is -4.92. The van der Waals surface area contributed by atoms with E-state index in [1.54, 1.807) is 54.6 Å². The number of carbonyl (C=O) groups excluding carboxylic acids is 2. The normalized spacial score (nSPS) is 11.8. The summed E-state index contributed by atoms with van der Waals surface area (Å²) in [5, 5.41) is 5.39. The van der Waals surface area contributed by atoms with Crippen molar-refractivity contribution in [2.45, 2.75) is 13.0 Å². The first-order valence-corrected chi connectivity index (χ1v) is 10.8. The Bertz CT molecular complexity index is 1550. The lowest BCUT2D eigenvalue weighted by Crippen LogP contribution is -2.30. The first-order valence-electron chi connectivity index (χ1n) is 10.8. The van der Waals surface area contributed by atoms with Crippen LogP contribution in [-0.4, -0.2) is 32.7 Å². The molecule has 0 bridgehead atoms. The van der Waals surface area contributed by atoms with Crippen LogP contribution in [0.1, 0.15) is 17.3 Å². The van der Waals surface area contributed by atoms with Crippen LogP contribution in [0.15, 0.2) is 94.1 Å². The van der Waals surface area contributed by atoms with Crippen LogP contribution in [-0.2, 0) is 9.53 Å². The van der Waals surface area contributed by atoms with E-state index in [1.807, 2.05) is 24.3 Å². The van der Waals surface area contributed by atoms with Gasteiger partial charge in [-0.1, -0.05) is 42.5 Å². The zero-order valence-electron chi connectivity index (χ0n) is 18.6. The van der Waals surface area contributed by atoms with E-state index in [1.165, 1.54) is 17.7 Å². The molecule has 0 radical (unpaired) electrons. The van der Waals surface area contributed by atoms with E-state index in [-0.39, 0.29) is 22.8 Å². The molecule has 5 rings (SSSR count). The van der Waals surface area contributed by atoms with E-state index >= 15 is 0 Å². The predicted octanol–water partition coefficient (Wildman–Crippen LogP) is 4.16. The number of H-pyrrole nitrogens is 1. The Kier molecular flexibility index (Phi) is 5.72. The Morgan fingerprint density at radius 2 is 1.71 bits per heavy atom. The van der Waals surface area contributed by atoms with Gasteiger partial charge in [0.15, 0.2) is 11.7 Å². The topological polar surface area (TPSA) is 119 Å². The fourth-order valence-corrected chi connectivity index (χ4v) is 3.58. The SMILES string of the molecule is CC(OC(=O)c1ccccc1-c1nc2ccccc2o1)C(=O)Nc1cc(=O)n(-c2ccccc2)[nH]1. The highest BCUT2D eigenvalue weighted by Gasteiger charge is 2.23. The van der Waals surface area contributed by atoms with Gasteiger partial charge in [-0.2, -0.15) is 0 Å². The van der Waals surface area contributed by atoms with Crippen molar-refractivity contribution in [2.24, 2.45) is 0 Å². The number of hydrogen-bond acceptors (Lipinski definition) is 6. The number of aromatic amines is 1. The van der Waals surface area contributed by atoms with Gasteiger partial charge >= 0.3 is 5.97 Å². The van der Waals surface area contributed by atoms with Crippen LogP contribution in [0, 0.1) is 0 Å². The predicted molar refractivity (Wildman–Crippen MR) is 129 cm³/mol. The number of nitrogens with zero attached hydrogens (tertiary/aromatic N) is 2. The summed E-state index contributed by atoms with van der Waals surface area (Å²) in [7, 11) is 0. The van der Waals surface area contributed by atoms with Gasteiger partial charge in [-0.25, -0.2) is 14.5 Å². The lowest BCUT2D eigenvalue weighted by molar-refractivity contribution is -0.123. The summed E-state index contributed by atoms with van der Waals surface area (Å²) >= 11 is 0. The lowest BCUT2D eigenvalue weighted by Gasteiger charge is -2.14. The van der Waals surface area contributed by atoms with Gasteiger partial charge in [-0.05, 0) is 43.3 Å². The Labute approximate surface area is 199 Å². The van der Waals surface area contributed by atoms with Gasteiger partial charge in [-0.3, -0.25) is 14.7 Å². The molecule has 2 N–H and O–H groups in total. The molecule has 5 aromatic rings. The Morgan fingerprint density at radius 3 is 2.51 bits per heavy atom. The summed E-state index contributed by atoms with van der Waals surface area (Å²) in [4.78, 5) is 42.3. The van der Waals surface area contributed by atoms with Crippen LogP contribution in [0.25, 0.3) is 28.2 Å². The van der Waals surface area contributed by atoms with Gasteiger partial charge in [0.1, 0.15) is 11.3 Å². The fourth-order valence-electron chi connectivity index (χ4n) is 3.58. The van der Waals surface area contributed by atoms with Crippen molar-refractivity contribution in [3.63, 3.8) is 0 Å². The van der Waals surface area contributed by atoms with Crippen molar-refractivity contribution in [3.8, 4) is 17.1 Å². The summed E-state index contributed by atoms with van der Waals surface area (Å²) in [5.74, 6) is -0.852. The molecule has 1 atom stereocenters. The van der Waals surface area contributed by atoms with Crippen LogP contribution in [0.4, 0.5) is 5.82 Å². The minimum absolute atomic E-state index is 0.179. The molecule has 0 aliphatic heterocycles. The van der Waals surface area contributed by atoms with E-state index in [2.05, 4.69) is 15.4 Å². The molecule has 0 aliphatic carbocycles. The molecule has 174 valence electrons. The fraction of sp³-hybridized carbons (Fsp3) is 0.0769. The Morgan fingerprint density at radius 1 is 1.00 bits per heavy atom.